The monoisotopic (exact) mass is 354 g/mol. The van der Waals surface area contributed by atoms with Crippen LogP contribution in [0, 0.1) is 0 Å². The highest BCUT2D eigenvalue weighted by Crippen LogP contribution is 2.24. The lowest BCUT2D eigenvalue weighted by molar-refractivity contribution is -0.120. The lowest BCUT2D eigenvalue weighted by Crippen LogP contribution is -2.36. The smallest absolute Gasteiger partial charge is 0.240 e. The Bertz CT molecular complexity index is 877. The van der Waals surface area contributed by atoms with E-state index in [4.69, 9.17) is 11.6 Å². The molecule has 1 amide bonds. The number of hydrogen-bond acceptors (Lipinski definition) is 4. The van der Waals surface area contributed by atoms with Gasteiger partial charge in [0.05, 0.1) is 12.6 Å². The first-order valence-corrected chi connectivity index (χ1v) is 8.40. The first-order chi connectivity index (χ1) is 12.0. The summed E-state index contributed by atoms with van der Waals surface area (Å²) in [6.45, 7) is 2.17. The molecule has 5 nitrogen and oxygen atoms in total. The molecule has 0 aliphatic rings. The van der Waals surface area contributed by atoms with Crippen molar-refractivity contribution in [3.8, 4) is 0 Å². The molecule has 0 bridgehead atoms. The Morgan fingerprint density at radius 1 is 1.12 bits per heavy atom. The van der Waals surface area contributed by atoms with Crippen LogP contribution in [-0.4, -0.2) is 29.7 Å². The van der Waals surface area contributed by atoms with Crippen LogP contribution >= 0.6 is 11.6 Å². The average molecular weight is 355 g/mol. The fourth-order valence-corrected chi connectivity index (χ4v) is 2.90. The highest BCUT2D eigenvalue weighted by atomic mass is 35.5. The number of benzene rings is 2. The van der Waals surface area contributed by atoms with E-state index in [0.717, 1.165) is 16.3 Å². The summed E-state index contributed by atoms with van der Waals surface area (Å²) in [5.41, 5.74) is 1.10. The second kappa shape index (κ2) is 7.49. The standard InChI is InChI=1S/C19H19ClN4O/c1-13(15-9-5-7-14-6-3-4-8-16(14)15)21-19(25)12-24(2)18-11-10-17(20)22-23-18/h3-11,13H,12H2,1-2H3,(H,21,25). The summed E-state index contributed by atoms with van der Waals surface area (Å²) in [5, 5.41) is 13.4. The SMILES string of the molecule is CC(NC(=O)CN(C)c1ccc(Cl)nn1)c1cccc2ccccc12. The third kappa shape index (κ3) is 4.06. The molecule has 1 atom stereocenters. The number of aromatic nitrogens is 2. The first-order valence-electron chi connectivity index (χ1n) is 8.02. The molecule has 0 fully saturated rings. The van der Waals surface area contributed by atoms with Crippen LogP contribution in [0.3, 0.4) is 0 Å². The maximum Gasteiger partial charge on any atom is 0.240 e. The van der Waals surface area contributed by atoms with Gasteiger partial charge in [-0.3, -0.25) is 4.79 Å². The molecule has 6 heteroatoms. The number of nitrogens with one attached hydrogen (secondary N) is 1. The number of rotatable bonds is 5. The number of nitrogens with zero attached hydrogens (tertiary/aromatic N) is 3. The maximum atomic E-state index is 12.4. The van der Waals surface area contributed by atoms with Gasteiger partial charge in [-0.25, -0.2) is 0 Å². The van der Waals surface area contributed by atoms with Gasteiger partial charge in [0.25, 0.3) is 0 Å². The zero-order chi connectivity index (χ0) is 17.8. The van der Waals surface area contributed by atoms with Gasteiger partial charge in [0.2, 0.25) is 5.91 Å². The predicted octanol–water partition coefficient (Wildman–Crippen LogP) is 3.60. The molecule has 0 saturated carbocycles. The Morgan fingerprint density at radius 3 is 2.64 bits per heavy atom. The maximum absolute atomic E-state index is 12.4. The Balaban J connectivity index is 1.68. The fourth-order valence-electron chi connectivity index (χ4n) is 2.80. The van der Waals surface area contributed by atoms with Gasteiger partial charge in [-0.1, -0.05) is 54.1 Å². The summed E-state index contributed by atoms with van der Waals surface area (Å²) >= 11 is 5.74. The molecule has 2 aromatic carbocycles. The number of anilines is 1. The third-order valence-corrected chi connectivity index (χ3v) is 4.26. The highest BCUT2D eigenvalue weighted by molar-refractivity contribution is 6.29. The van der Waals surface area contributed by atoms with Crippen molar-refractivity contribution in [1.29, 1.82) is 0 Å². The van der Waals surface area contributed by atoms with Crippen LogP contribution in [0.4, 0.5) is 5.82 Å². The Morgan fingerprint density at radius 2 is 1.88 bits per heavy atom. The number of carbonyl (C=O) groups is 1. The Labute approximate surface area is 151 Å². The van der Waals surface area contributed by atoms with Gasteiger partial charge in [0.1, 0.15) is 0 Å². The molecule has 1 N–H and O–H groups in total. The molecular weight excluding hydrogens is 336 g/mol. The minimum atomic E-state index is -0.0942. The molecule has 3 aromatic rings. The summed E-state index contributed by atoms with van der Waals surface area (Å²) in [7, 11) is 1.79. The van der Waals surface area contributed by atoms with Crippen LogP contribution in [0.15, 0.2) is 54.6 Å². The van der Waals surface area contributed by atoms with Crippen molar-refractivity contribution in [2.75, 3.05) is 18.5 Å². The van der Waals surface area contributed by atoms with Crippen molar-refractivity contribution in [2.45, 2.75) is 13.0 Å². The van der Waals surface area contributed by atoms with E-state index < -0.39 is 0 Å². The van der Waals surface area contributed by atoms with Gasteiger partial charge in [-0.15, -0.1) is 10.2 Å². The van der Waals surface area contributed by atoms with Crippen molar-refractivity contribution < 1.29 is 4.79 Å². The van der Waals surface area contributed by atoms with Crippen molar-refractivity contribution in [1.82, 2.24) is 15.5 Å². The van der Waals surface area contributed by atoms with Gasteiger partial charge in [0.15, 0.2) is 11.0 Å². The summed E-state index contributed by atoms with van der Waals surface area (Å²) in [4.78, 5) is 14.1. The number of carbonyl (C=O) groups excluding carboxylic acids is 1. The van der Waals surface area contributed by atoms with E-state index in [-0.39, 0.29) is 18.5 Å². The molecular formula is C19H19ClN4O. The highest BCUT2D eigenvalue weighted by Gasteiger charge is 2.14. The summed E-state index contributed by atoms with van der Waals surface area (Å²) in [6.07, 6.45) is 0. The van der Waals surface area contributed by atoms with Crippen molar-refractivity contribution >= 4 is 34.1 Å². The lowest BCUT2D eigenvalue weighted by Gasteiger charge is -2.20. The normalized spacial score (nSPS) is 12.0. The Hall–Kier alpha value is -2.66. The number of halogens is 1. The topological polar surface area (TPSA) is 58.1 Å². The summed E-state index contributed by atoms with van der Waals surface area (Å²) in [6, 6.07) is 17.6. The minimum Gasteiger partial charge on any atom is -0.349 e. The number of amides is 1. The molecule has 0 spiro atoms. The summed E-state index contributed by atoms with van der Waals surface area (Å²) in [5.74, 6) is 0.511. The van der Waals surface area contributed by atoms with Gasteiger partial charge < -0.3 is 10.2 Å². The molecule has 0 radical (unpaired) electrons. The number of hydrogen-bond donors (Lipinski definition) is 1. The van der Waals surface area contributed by atoms with E-state index in [1.54, 1.807) is 24.1 Å². The fraction of sp³-hybridized carbons (Fsp3) is 0.211. The molecule has 0 aliphatic heterocycles. The second-order valence-corrected chi connectivity index (χ2v) is 6.32. The molecule has 0 saturated heterocycles. The van der Waals surface area contributed by atoms with Crippen LogP contribution in [0.5, 0.6) is 0 Å². The lowest BCUT2D eigenvalue weighted by atomic mass is 10.00. The first kappa shape index (κ1) is 17.2. The number of likely N-dealkylation sites (N-methyl/N-ethyl adjacent to an activating group) is 1. The van der Waals surface area contributed by atoms with E-state index in [1.165, 1.54) is 0 Å². The van der Waals surface area contributed by atoms with Crippen LogP contribution in [-0.2, 0) is 4.79 Å². The molecule has 0 aliphatic carbocycles. The van der Waals surface area contributed by atoms with E-state index >= 15 is 0 Å². The molecule has 25 heavy (non-hydrogen) atoms. The summed E-state index contributed by atoms with van der Waals surface area (Å²) < 4.78 is 0. The molecule has 128 valence electrons. The average Bonchev–Trinajstić information content (AvgIpc) is 2.61. The minimum absolute atomic E-state index is 0.0836. The van der Waals surface area contributed by atoms with Crippen molar-refractivity contribution in [3.63, 3.8) is 0 Å². The molecule has 3 rings (SSSR count). The predicted molar refractivity (Wildman–Crippen MR) is 101 cm³/mol. The molecule has 1 aromatic heterocycles. The van der Waals surface area contributed by atoms with Crippen LogP contribution in [0.2, 0.25) is 5.15 Å². The van der Waals surface area contributed by atoms with Gasteiger partial charge in [0, 0.05) is 7.05 Å². The van der Waals surface area contributed by atoms with Crippen molar-refractivity contribution in [3.05, 3.63) is 65.3 Å². The zero-order valence-electron chi connectivity index (χ0n) is 14.1. The quantitative estimate of drug-likeness (QED) is 0.760. The van der Waals surface area contributed by atoms with Crippen LogP contribution < -0.4 is 10.2 Å². The Kier molecular flexibility index (Phi) is 5.14. The van der Waals surface area contributed by atoms with E-state index in [0.29, 0.717) is 11.0 Å². The molecule has 1 heterocycles. The van der Waals surface area contributed by atoms with Gasteiger partial charge >= 0.3 is 0 Å². The largest absolute Gasteiger partial charge is 0.349 e. The zero-order valence-corrected chi connectivity index (χ0v) is 14.9. The van der Waals surface area contributed by atoms with E-state index in [9.17, 15) is 4.79 Å². The third-order valence-electron chi connectivity index (χ3n) is 4.06. The van der Waals surface area contributed by atoms with E-state index in [1.807, 2.05) is 31.2 Å². The van der Waals surface area contributed by atoms with Crippen LogP contribution in [0.1, 0.15) is 18.5 Å². The molecule has 1 unspecified atom stereocenters. The van der Waals surface area contributed by atoms with E-state index in [2.05, 4.69) is 33.7 Å². The van der Waals surface area contributed by atoms with Gasteiger partial charge in [-0.2, -0.15) is 0 Å². The second-order valence-electron chi connectivity index (χ2n) is 5.93. The van der Waals surface area contributed by atoms with Crippen LogP contribution in [0.25, 0.3) is 10.8 Å². The number of fused-ring (bicyclic) bond motifs is 1. The van der Waals surface area contributed by atoms with Gasteiger partial charge in [-0.05, 0) is 35.4 Å². The van der Waals surface area contributed by atoms with Crippen molar-refractivity contribution in [2.24, 2.45) is 0 Å².